The highest BCUT2D eigenvalue weighted by Crippen LogP contribution is 2.19. The summed E-state index contributed by atoms with van der Waals surface area (Å²) in [6.45, 7) is 0. The van der Waals surface area contributed by atoms with Crippen molar-refractivity contribution in [2.75, 3.05) is 5.32 Å². The van der Waals surface area contributed by atoms with Gasteiger partial charge in [-0.3, -0.25) is 9.59 Å². The molecular weight excluding hydrogens is 345 g/mol. The van der Waals surface area contributed by atoms with Crippen molar-refractivity contribution >= 4 is 23.5 Å². The summed E-state index contributed by atoms with van der Waals surface area (Å²) in [5, 5.41) is 1.68. The van der Waals surface area contributed by atoms with Crippen molar-refractivity contribution in [3.8, 4) is 0 Å². The molecule has 0 heterocycles. The van der Waals surface area contributed by atoms with Gasteiger partial charge in [0.1, 0.15) is 0 Å². The summed E-state index contributed by atoms with van der Waals surface area (Å²) in [6.07, 6.45) is -2.70. The summed E-state index contributed by atoms with van der Waals surface area (Å²) in [4.78, 5) is 22.8. The van der Waals surface area contributed by atoms with Crippen LogP contribution >= 0.6 is 0 Å². The largest absolute Gasteiger partial charge is 0.471 e. The van der Waals surface area contributed by atoms with E-state index in [1.54, 1.807) is 5.32 Å². The maximum atomic E-state index is 13.1. The normalized spacial score (nSPS) is 11.6. The van der Waals surface area contributed by atoms with E-state index in [2.05, 4.69) is 0 Å². The fourth-order valence-corrected chi connectivity index (χ4v) is 1.84. The number of ketones is 1. The second kappa shape index (κ2) is 7.25. The van der Waals surface area contributed by atoms with Crippen LogP contribution in [0.4, 0.5) is 27.6 Å². The zero-order valence-corrected chi connectivity index (χ0v) is 12.4. The van der Waals surface area contributed by atoms with Gasteiger partial charge in [0.05, 0.1) is 0 Å². The summed E-state index contributed by atoms with van der Waals surface area (Å²) in [5.74, 6) is -5.00. The number of hydrogen-bond donors (Lipinski definition) is 1. The monoisotopic (exact) mass is 355 g/mol. The van der Waals surface area contributed by atoms with E-state index in [1.165, 1.54) is 30.3 Å². The second-order valence-corrected chi connectivity index (χ2v) is 4.90. The molecule has 0 saturated heterocycles. The average molecular weight is 355 g/mol. The molecule has 0 unspecified atom stereocenters. The Morgan fingerprint density at radius 2 is 1.68 bits per heavy atom. The first-order valence-electron chi connectivity index (χ1n) is 6.82. The quantitative estimate of drug-likeness (QED) is 0.503. The molecule has 0 aliphatic heterocycles. The van der Waals surface area contributed by atoms with Crippen LogP contribution in [0, 0.1) is 11.6 Å². The van der Waals surface area contributed by atoms with Crippen molar-refractivity contribution in [2.24, 2.45) is 0 Å². The number of carbonyl (C=O) groups excluding carboxylic acids is 2. The van der Waals surface area contributed by atoms with Gasteiger partial charge in [-0.1, -0.05) is 18.2 Å². The first kappa shape index (κ1) is 18.3. The van der Waals surface area contributed by atoms with Crippen LogP contribution in [0.3, 0.4) is 0 Å². The van der Waals surface area contributed by atoms with Gasteiger partial charge in [0.25, 0.3) is 0 Å². The van der Waals surface area contributed by atoms with Gasteiger partial charge in [-0.2, -0.15) is 13.2 Å². The summed E-state index contributed by atoms with van der Waals surface area (Å²) in [5.41, 5.74) is 0.136. The Balaban J connectivity index is 2.13. The summed E-state index contributed by atoms with van der Waals surface area (Å²) < 4.78 is 62.5. The number of amides is 1. The Kier molecular flexibility index (Phi) is 5.31. The molecule has 0 aliphatic rings. The lowest BCUT2D eigenvalue weighted by molar-refractivity contribution is -0.167. The fourth-order valence-electron chi connectivity index (χ4n) is 1.84. The molecule has 0 radical (unpaired) electrons. The zero-order valence-electron chi connectivity index (χ0n) is 12.4. The number of alkyl halides is 3. The van der Waals surface area contributed by atoms with E-state index < -0.39 is 29.5 Å². The summed E-state index contributed by atoms with van der Waals surface area (Å²) >= 11 is 0. The standard InChI is InChI=1S/C17H10F5NO2/c18-13-6-5-11(9-14(13)19)15(24)7-4-10-2-1-3-12(8-10)23-16(25)17(20,21)22/h1-9H,(H,23,25). The molecule has 0 atom stereocenters. The van der Waals surface area contributed by atoms with Gasteiger partial charge in [-0.15, -0.1) is 0 Å². The molecule has 1 amide bonds. The lowest BCUT2D eigenvalue weighted by atomic mass is 10.1. The van der Waals surface area contributed by atoms with Crippen LogP contribution in [-0.2, 0) is 4.79 Å². The second-order valence-electron chi connectivity index (χ2n) is 4.90. The van der Waals surface area contributed by atoms with Crippen LogP contribution in [-0.4, -0.2) is 17.9 Å². The van der Waals surface area contributed by atoms with Crippen molar-refractivity contribution in [3.63, 3.8) is 0 Å². The minimum Gasteiger partial charge on any atom is -0.318 e. The molecule has 0 aliphatic carbocycles. The van der Waals surface area contributed by atoms with Crippen LogP contribution in [0.1, 0.15) is 15.9 Å². The van der Waals surface area contributed by atoms with E-state index in [0.29, 0.717) is 5.56 Å². The average Bonchev–Trinajstić information content (AvgIpc) is 2.54. The molecule has 0 spiro atoms. The van der Waals surface area contributed by atoms with Crippen molar-refractivity contribution < 1.29 is 31.5 Å². The number of halogens is 5. The number of allylic oxidation sites excluding steroid dienone is 1. The van der Waals surface area contributed by atoms with E-state index in [1.807, 2.05) is 0 Å². The third kappa shape index (κ3) is 4.97. The lowest BCUT2D eigenvalue weighted by Gasteiger charge is -2.08. The Bertz CT molecular complexity index is 843. The first-order chi connectivity index (χ1) is 11.7. The van der Waals surface area contributed by atoms with Crippen molar-refractivity contribution in [1.82, 2.24) is 0 Å². The number of carbonyl (C=O) groups is 2. The van der Waals surface area contributed by atoms with Crippen molar-refractivity contribution in [3.05, 3.63) is 71.3 Å². The molecule has 2 aromatic carbocycles. The minimum absolute atomic E-state index is 0.0864. The highest BCUT2D eigenvalue weighted by molar-refractivity contribution is 6.06. The number of hydrogen-bond acceptors (Lipinski definition) is 2. The van der Waals surface area contributed by atoms with Crippen LogP contribution in [0.2, 0.25) is 0 Å². The van der Waals surface area contributed by atoms with E-state index in [0.717, 1.165) is 24.3 Å². The Labute approximate surface area is 138 Å². The molecule has 2 aromatic rings. The SMILES string of the molecule is O=C(C=Cc1cccc(NC(=O)C(F)(F)F)c1)c1ccc(F)c(F)c1. The van der Waals surface area contributed by atoms with Crippen molar-refractivity contribution in [2.45, 2.75) is 6.18 Å². The predicted octanol–water partition coefficient (Wildman–Crippen LogP) is 4.36. The Hall–Kier alpha value is -3.03. The van der Waals surface area contributed by atoms with E-state index in [-0.39, 0.29) is 11.3 Å². The molecular formula is C17H10F5NO2. The van der Waals surface area contributed by atoms with E-state index in [4.69, 9.17) is 0 Å². The maximum absolute atomic E-state index is 13.1. The maximum Gasteiger partial charge on any atom is 0.471 e. The third-order valence-corrected chi connectivity index (χ3v) is 3.03. The summed E-state index contributed by atoms with van der Waals surface area (Å²) in [7, 11) is 0. The number of rotatable bonds is 4. The minimum atomic E-state index is -5.02. The summed E-state index contributed by atoms with van der Waals surface area (Å²) in [6, 6.07) is 7.99. The van der Waals surface area contributed by atoms with Crippen LogP contribution < -0.4 is 5.32 Å². The van der Waals surface area contributed by atoms with Crippen molar-refractivity contribution in [1.29, 1.82) is 0 Å². The van der Waals surface area contributed by atoms with Gasteiger partial charge >= 0.3 is 12.1 Å². The molecule has 130 valence electrons. The van der Waals surface area contributed by atoms with Crippen LogP contribution in [0.25, 0.3) is 6.08 Å². The molecule has 8 heteroatoms. The van der Waals surface area contributed by atoms with Gasteiger partial charge in [-0.05, 0) is 42.0 Å². The topological polar surface area (TPSA) is 46.2 Å². The van der Waals surface area contributed by atoms with E-state index in [9.17, 15) is 31.5 Å². The smallest absolute Gasteiger partial charge is 0.318 e. The highest BCUT2D eigenvalue weighted by atomic mass is 19.4. The molecule has 0 saturated carbocycles. The lowest BCUT2D eigenvalue weighted by Crippen LogP contribution is -2.29. The molecule has 3 nitrogen and oxygen atoms in total. The van der Waals surface area contributed by atoms with E-state index >= 15 is 0 Å². The highest BCUT2D eigenvalue weighted by Gasteiger charge is 2.38. The zero-order chi connectivity index (χ0) is 18.6. The van der Waals surface area contributed by atoms with Gasteiger partial charge < -0.3 is 5.32 Å². The molecule has 2 rings (SSSR count). The number of anilines is 1. The van der Waals surface area contributed by atoms with Gasteiger partial charge in [0, 0.05) is 11.3 Å². The third-order valence-electron chi connectivity index (χ3n) is 3.03. The van der Waals surface area contributed by atoms with Gasteiger partial charge in [0.15, 0.2) is 17.4 Å². The Morgan fingerprint density at radius 3 is 2.32 bits per heavy atom. The van der Waals surface area contributed by atoms with Crippen LogP contribution in [0.15, 0.2) is 48.5 Å². The fraction of sp³-hybridized carbons (Fsp3) is 0.0588. The molecule has 0 bridgehead atoms. The van der Waals surface area contributed by atoms with Crippen LogP contribution in [0.5, 0.6) is 0 Å². The number of benzene rings is 2. The first-order valence-corrected chi connectivity index (χ1v) is 6.82. The molecule has 0 fully saturated rings. The van der Waals surface area contributed by atoms with Gasteiger partial charge in [-0.25, -0.2) is 8.78 Å². The number of nitrogens with one attached hydrogen (secondary N) is 1. The predicted molar refractivity (Wildman–Crippen MR) is 80.8 cm³/mol. The molecule has 25 heavy (non-hydrogen) atoms. The van der Waals surface area contributed by atoms with Gasteiger partial charge in [0.2, 0.25) is 0 Å². The molecule has 0 aromatic heterocycles. The Morgan fingerprint density at radius 1 is 0.960 bits per heavy atom. The molecule has 1 N–H and O–H groups in total.